The Balaban J connectivity index is 2.65. The Morgan fingerprint density at radius 1 is 1.38 bits per heavy atom. The average molecular weight is 288 g/mol. The number of benzene rings is 1. The quantitative estimate of drug-likeness (QED) is 0.779. The third-order valence-corrected chi connectivity index (χ3v) is 3.38. The fourth-order valence-electron chi connectivity index (χ4n) is 1.66. The van der Waals surface area contributed by atoms with Gasteiger partial charge < -0.3 is 5.32 Å². The number of hydrogen-bond donors (Lipinski definition) is 1. The maximum Gasteiger partial charge on any atom is 0.125 e. The number of anilines is 1. The van der Waals surface area contributed by atoms with Crippen LogP contribution in [0.2, 0.25) is 0 Å². The number of halogens is 2. The molecule has 0 saturated heterocycles. The van der Waals surface area contributed by atoms with E-state index in [-0.39, 0.29) is 5.82 Å². The number of unbranched alkanes of at least 4 members (excludes halogenated alkanes) is 1. The van der Waals surface area contributed by atoms with E-state index in [1.165, 1.54) is 18.9 Å². The van der Waals surface area contributed by atoms with Gasteiger partial charge in [0.25, 0.3) is 0 Å². The fraction of sp³-hybridized carbons (Fsp3) is 0.538. The molecule has 1 aromatic rings. The van der Waals surface area contributed by atoms with E-state index in [9.17, 15) is 4.39 Å². The molecular weight excluding hydrogens is 269 g/mol. The van der Waals surface area contributed by atoms with Gasteiger partial charge in [-0.2, -0.15) is 0 Å². The number of rotatable bonds is 6. The van der Waals surface area contributed by atoms with Crippen LogP contribution in [0.4, 0.5) is 10.1 Å². The summed E-state index contributed by atoms with van der Waals surface area (Å²) in [6.07, 6.45) is 4.60. The van der Waals surface area contributed by atoms with E-state index < -0.39 is 0 Å². The van der Waals surface area contributed by atoms with Crippen molar-refractivity contribution in [1.82, 2.24) is 0 Å². The van der Waals surface area contributed by atoms with Gasteiger partial charge in [-0.05, 0) is 47.0 Å². The van der Waals surface area contributed by atoms with Gasteiger partial charge in [0.05, 0.1) is 5.69 Å². The molecule has 1 rings (SSSR count). The molecule has 0 aliphatic rings. The molecule has 0 aliphatic heterocycles. The highest BCUT2D eigenvalue weighted by Crippen LogP contribution is 2.25. The van der Waals surface area contributed by atoms with Crippen molar-refractivity contribution in [3.63, 3.8) is 0 Å². The zero-order valence-electron chi connectivity index (χ0n) is 9.89. The monoisotopic (exact) mass is 287 g/mol. The molecule has 0 aromatic heterocycles. The van der Waals surface area contributed by atoms with E-state index in [4.69, 9.17) is 0 Å². The summed E-state index contributed by atoms with van der Waals surface area (Å²) in [5.41, 5.74) is 0.850. The average Bonchev–Trinajstić information content (AvgIpc) is 2.28. The van der Waals surface area contributed by atoms with Gasteiger partial charge in [0.15, 0.2) is 0 Å². The van der Waals surface area contributed by atoms with E-state index in [0.717, 1.165) is 23.0 Å². The molecule has 0 bridgehead atoms. The van der Waals surface area contributed by atoms with E-state index in [1.807, 2.05) is 0 Å². The summed E-state index contributed by atoms with van der Waals surface area (Å²) in [7, 11) is 0. The minimum Gasteiger partial charge on any atom is -0.381 e. The highest BCUT2D eigenvalue weighted by molar-refractivity contribution is 9.10. The van der Waals surface area contributed by atoms with Crippen molar-refractivity contribution in [2.75, 3.05) is 5.32 Å². The van der Waals surface area contributed by atoms with Gasteiger partial charge in [0.1, 0.15) is 5.82 Å². The second-order valence-electron chi connectivity index (χ2n) is 4.02. The summed E-state index contributed by atoms with van der Waals surface area (Å²) in [5.74, 6) is -0.198. The zero-order chi connectivity index (χ0) is 12.0. The Hall–Kier alpha value is -0.570. The lowest BCUT2D eigenvalue weighted by atomic mass is 10.1. The van der Waals surface area contributed by atoms with Crippen LogP contribution in [-0.4, -0.2) is 6.04 Å². The Morgan fingerprint density at radius 2 is 2.12 bits per heavy atom. The van der Waals surface area contributed by atoms with Crippen molar-refractivity contribution in [3.8, 4) is 0 Å². The Labute approximate surface area is 106 Å². The van der Waals surface area contributed by atoms with Crippen molar-refractivity contribution in [3.05, 3.63) is 28.5 Å². The van der Waals surface area contributed by atoms with Crippen LogP contribution < -0.4 is 5.32 Å². The fourth-order valence-corrected chi connectivity index (χ4v) is 2.02. The first kappa shape index (κ1) is 13.5. The van der Waals surface area contributed by atoms with Gasteiger partial charge in [-0.3, -0.25) is 0 Å². The van der Waals surface area contributed by atoms with Crippen LogP contribution in [-0.2, 0) is 0 Å². The van der Waals surface area contributed by atoms with Crippen LogP contribution in [0.1, 0.15) is 39.5 Å². The molecule has 1 atom stereocenters. The molecule has 1 aromatic carbocycles. The molecule has 0 fully saturated rings. The smallest absolute Gasteiger partial charge is 0.125 e. The maximum absolute atomic E-state index is 13.1. The molecule has 0 radical (unpaired) electrons. The summed E-state index contributed by atoms with van der Waals surface area (Å²) in [5, 5.41) is 3.39. The van der Waals surface area contributed by atoms with Gasteiger partial charge in [-0.15, -0.1) is 0 Å². The van der Waals surface area contributed by atoms with Gasteiger partial charge >= 0.3 is 0 Å². The minimum atomic E-state index is -0.198. The molecule has 0 heterocycles. The van der Waals surface area contributed by atoms with E-state index >= 15 is 0 Å². The van der Waals surface area contributed by atoms with Crippen molar-refractivity contribution in [2.45, 2.75) is 45.6 Å². The number of nitrogens with one attached hydrogen (secondary N) is 1. The highest BCUT2D eigenvalue weighted by atomic mass is 79.9. The lowest BCUT2D eigenvalue weighted by Crippen LogP contribution is -2.18. The molecule has 0 saturated carbocycles. The second kappa shape index (κ2) is 6.89. The molecule has 1 nitrogen and oxygen atoms in total. The first-order valence-corrected chi connectivity index (χ1v) is 6.68. The topological polar surface area (TPSA) is 12.0 Å². The molecule has 0 amide bonds. The van der Waals surface area contributed by atoms with Crippen LogP contribution in [0.5, 0.6) is 0 Å². The summed E-state index contributed by atoms with van der Waals surface area (Å²) in [6, 6.07) is 5.17. The van der Waals surface area contributed by atoms with Crippen molar-refractivity contribution in [2.24, 2.45) is 0 Å². The van der Waals surface area contributed by atoms with Crippen LogP contribution in [0, 0.1) is 5.82 Å². The third-order valence-electron chi connectivity index (χ3n) is 2.69. The molecule has 0 aliphatic carbocycles. The van der Waals surface area contributed by atoms with Gasteiger partial charge in [-0.1, -0.05) is 26.7 Å². The first-order valence-electron chi connectivity index (χ1n) is 5.89. The number of hydrogen-bond acceptors (Lipinski definition) is 1. The third kappa shape index (κ3) is 4.12. The normalized spacial score (nSPS) is 12.5. The van der Waals surface area contributed by atoms with Gasteiger partial charge in [0, 0.05) is 10.5 Å². The van der Waals surface area contributed by atoms with Gasteiger partial charge in [0.2, 0.25) is 0 Å². The lowest BCUT2D eigenvalue weighted by molar-refractivity contribution is 0.591. The summed E-state index contributed by atoms with van der Waals surface area (Å²) in [4.78, 5) is 0. The predicted octanol–water partition coefficient (Wildman–Crippen LogP) is 4.97. The summed E-state index contributed by atoms with van der Waals surface area (Å²) < 4.78 is 14.0. The maximum atomic E-state index is 13.1. The van der Waals surface area contributed by atoms with E-state index in [2.05, 4.69) is 35.1 Å². The molecular formula is C13H19BrFN. The van der Waals surface area contributed by atoms with Crippen LogP contribution in [0.25, 0.3) is 0 Å². The molecule has 90 valence electrons. The van der Waals surface area contributed by atoms with Gasteiger partial charge in [-0.25, -0.2) is 4.39 Å². The molecule has 1 N–H and O–H groups in total. The highest BCUT2D eigenvalue weighted by Gasteiger charge is 2.08. The molecule has 3 heteroatoms. The van der Waals surface area contributed by atoms with E-state index in [1.54, 1.807) is 12.1 Å². The SMILES string of the molecule is CCCCC(CC)Nc1cc(F)ccc1Br. The van der Waals surface area contributed by atoms with Crippen molar-refractivity contribution in [1.29, 1.82) is 0 Å². The minimum absolute atomic E-state index is 0.198. The van der Waals surface area contributed by atoms with Crippen LogP contribution in [0.3, 0.4) is 0 Å². The Morgan fingerprint density at radius 3 is 2.75 bits per heavy atom. The molecule has 0 spiro atoms. The van der Waals surface area contributed by atoms with Crippen molar-refractivity contribution < 1.29 is 4.39 Å². The second-order valence-corrected chi connectivity index (χ2v) is 4.87. The molecule has 16 heavy (non-hydrogen) atoms. The summed E-state index contributed by atoms with van der Waals surface area (Å²) >= 11 is 3.43. The Bertz CT molecular complexity index is 328. The molecule has 1 unspecified atom stereocenters. The summed E-state index contributed by atoms with van der Waals surface area (Å²) in [6.45, 7) is 4.34. The lowest BCUT2D eigenvalue weighted by Gasteiger charge is -2.19. The Kier molecular flexibility index (Phi) is 5.81. The van der Waals surface area contributed by atoms with Crippen LogP contribution >= 0.6 is 15.9 Å². The standard InChI is InChI=1S/C13H19BrFN/c1-3-5-6-11(4-2)16-13-9-10(15)7-8-12(13)14/h7-9,11,16H,3-6H2,1-2H3. The first-order chi connectivity index (χ1) is 7.67. The van der Waals surface area contributed by atoms with E-state index in [0.29, 0.717) is 6.04 Å². The van der Waals surface area contributed by atoms with Crippen LogP contribution in [0.15, 0.2) is 22.7 Å². The zero-order valence-corrected chi connectivity index (χ0v) is 11.5. The largest absolute Gasteiger partial charge is 0.381 e. The predicted molar refractivity (Wildman–Crippen MR) is 71.3 cm³/mol. The van der Waals surface area contributed by atoms with Crippen molar-refractivity contribution >= 4 is 21.6 Å².